The summed E-state index contributed by atoms with van der Waals surface area (Å²) in [6.45, 7) is 0.0456. The number of hydrogen-bond acceptors (Lipinski definition) is 3. The van der Waals surface area contributed by atoms with Gasteiger partial charge < -0.3 is 5.11 Å². The zero-order valence-electron chi connectivity index (χ0n) is 8.89. The minimum absolute atomic E-state index is 0.0401. The van der Waals surface area contributed by atoms with Crippen molar-refractivity contribution in [3.8, 4) is 0 Å². The van der Waals surface area contributed by atoms with Crippen LogP contribution in [0.25, 0.3) is 10.8 Å². The molecule has 0 fully saturated rings. The van der Waals surface area contributed by atoms with Crippen LogP contribution < -0.4 is 0 Å². The Labute approximate surface area is 93.7 Å². The molecule has 0 aliphatic rings. The third kappa shape index (κ3) is 2.09. The number of carbonyl (C=O) groups is 1. The lowest BCUT2D eigenvalue weighted by atomic mass is 10.0. The van der Waals surface area contributed by atoms with E-state index < -0.39 is 0 Å². The molecule has 3 nitrogen and oxygen atoms in total. The number of Topliss-reactive ketones (excluding diaryl/α,β-unsaturated/α-hetero) is 1. The topological polar surface area (TPSA) is 50.2 Å². The maximum absolute atomic E-state index is 11.9. The van der Waals surface area contributed by atoms with Gasteiger partial charge in [-0.15, -0.1) is 0 Å². The third-order valence-electron chi connectivity index (χ3n) is 2.53. The highest BCUT2D eigenvalue weighted by atomic mass is 16.3. The molecule has 0 aliphatic carbocycles. The molecule has 0 saturated carbocycles. The number of aliphatic hydroxyl groups excluding tert-OH is 1. The number of fused-ring (bicyclic) bond motifs is 1. The predicted octanol–water partition coefficient (Wildman–Crippen LogP) is 2.19. The summed E-state index contributed by atoms with van der Waals surface area (Å²) in [7, 11) is 0. The van der Waals surface area contributed by atoms with Crippen LogP contribution in [0.5, 0.6) is 0 Å². The van der Waals surface area contributed by atoms with Crippen LogP contribution in [0, 0.1) is 0 Å². The van der Waals surface area contributed by atoms with E-state index in [4.69, 9.17) is 5.11 Å². The van der Waals surface area contributed by atoms with Crippen LogP contribution in [-0.4, -0.2) is 22.5 Å². The smallest absolute Gasteiger partial charge is 0.165 e. The molecule has 2 rings (SSSR count). The van der Waals surface area contributed by atoms with Gasteiger partial charge in [-0.25, -0.2) is 0 Å². The van der Waals surface area contributed by atoms with Crippen molar-refractivity contribution in [2.45, 2.75) is 12.8 Å². The van der Waals surface area contributed by atoms with E-state index in [1.165, 1.54) is 0 Å². The van der Waals surface area contributed by atoms with Crippen LogP contribution in [0.4, 0.5) is 0 Å². The van der Waals surface area contributed by atoms with Gasteiger partial charge in [-0.05, 0) is 11.8 Å². The highest BCUT2D eigenvalue weighted by Crippen LogP contribution is 2.18. The molecule has 0 amide bonds. The second-order valence-electron chi connectivity index (χ2n) is 3.66. The zero-order chi connectivity index (χ0) is 11.4. The first-order valence-electron chi connectivity index (χ1n) is 5.30. The van der Waals surface area contributed by atoms with E-state index in [-0.39, 0.29) is 12.4 Å². The van der Waals surface area contributed by atoms with Crippen LogP contribution in [0.2, 0.25) is 0 Å². The van der Waals surface area contributed by atoms with E-state index in [1.54, 1.807) is 12.4 Å². The molecule has 3 heteroatoms. The largest absolute Gasteiger partial charge is 0.396 e. The number of rotatable bonds is 4. The van der Waals surface area contributed by atoms with Gasteiger partial charge in [0.15, 0.2) is 5.78 Å². The molecule has 1 heterocycles. The van der Waals surface area contributed by atoms with E-state index in [1.807, 2.05) is 24.3 Å². The Morgan fingerprint density at radius 3 is 2.88 bits per heavy atom. The molecule has 1 N–H and O–H groups in total. The average molecular weight is 215 g/mol. The van der Waals surface area contributed by atoms with Gasteiger partial charge in [0, 0.05) is 36.4 Å². The summed E-state index contributed by atoms with van der Waals surface area (Å²) >= 11 is 0. The van der Waals surface area contributed by atoms with Crippen molar-refractivity contribution in [1.82, 2.24) is 4.98 Å². The van der Waals surface area contributed by atoms with Crippen LogP contribution >= 0.6 is 0 Å². The van der Waals surface area contributed by atoms with Gasteiger partial charge in [0.1, 0.15) is 0 Å². The Kier molecular flexibility index (Phi) is 3.27. The number of pyridine rings is 1. The van der Waals surface area contributed by atoms with Crippen molar-refractivity contribution in [3.05, 3.63) is 42.2 Å². The summed E-state index contributed by atoms with van der Waals surface area (Å²) < 4.78 is 0. The molecule has 0 spiro atoms. The van der Waals surface area contributed by atoms with E-state index in [2.05, 4.69) is 4.98 Å². The Balaban J connectivity index is 2.40. The molecule has 2 aromatic rings. The molecule has 1 aromatic heterocycles. The van der Waals surface area contributed by atoms with Gasteiger partial charge in [0.05, 0.1) is 0 Å². The van der Waals surface area contributed by atoms with Crippen LogP contribution in [0.15, 0.2) is 36.7 Å². The minimum atomic E-state index is 0.0401. The second kappa shape index (κ2) is 4.86. The molecule has 0 saturated heterocycles. The first-order valence-corrected chi connectivity index (χ1v) is 5.30. The number of benzene rings is 1. The van der Waals surface area contributed by atoms with Gasteiger partial charge in [0.2, 0.25) is 0 Å². The van der Waals surface area contributed by atoms with Crippen LogP contribution in [0.3, 0.4) is 0 Å². The summed E-state index contributed by atoms with van der Waals surface area (Å²) in [5, 5.41) is 10.6. The standard InChI is InChI=1S/C13H13NO2/c15-7-3-6-13(16)12-9-14-8-10-4-1-2-5-11(10)12/h1-2,4-5,8-9,15H,3,6-7H2. The summed E-state index contributed by atoms with van der Waals surface area (Å²) in [4.78, 5) is 15.9. The quantitative estimate of drug-likeness (QED) is 0.795. The second-order valence-corrected chi connectivity index (χ2v) is 3.66. The number of aromatic nitrogens is 1. The monoisotopic (exact) mass is 215 g/mol. The fraction of sp³-hybridized carbons (Fsp3) is 0.231. The van der Waals surface area contributed by atoms with Crippen molar-refractivity contribution in [2.75, 3.05) is 6.61 Å². The minimum Gasteiger partial charge on any atom is -0.396 e. The number of ketones is 1. The maximum Gasteiger partial charge on any atom is 0.165 e. The van der Waals surface area contributed by atoms with E-state index >= 15 is 0 Å². The van der Waals surface area contributed by atoms with Gasteiger partial charge in [-0.1, -0.05) is 24.3 Å². The highest BCUT2D eigenvalue weighted by molar-refractivity contribution is 6.07. The lowest BCUT2D eigenvalue weighted by Crippen LogP contribution is -2.02. The van der Waals surface area contributed by atoms with Crippen molar-refractivity contribution in [3.63, 3.8) is 0 Å². The molecule has 82 valence electrons. The first-order chi connectivity index (χ1) is 7.83. The van der Waals surface area contributed by atoms with Crippen molar-refractivity contribution >= 4 is 16.6 Å². The number of aliphatic hydroxyl groups is 1. The highest BCUT2D eigenvalue weighted by Gasteiger charge is 2.09. The number of hydrogen-bond donors (Lipinski definition) is 1. The molecule has 0 atom stereocenters. The fourth-order valence-electron chi connectivity index (χ4n) is 1.71. The molecule has 1 aromatic carbocycles. The van der Waals surface area contributed by atoms with Gasteiger partial charge in [0.25, 0.3) is 0 Å². The van der Waals surface area contributed by atoms with Gasteiger partial charge >= 0.3 is 0 Å². The van der Waals surface area contributed by atoms with Crippen molar-refractivity contribution in [2.24, 2.45) is 0 Å². The molecule has 0 radical (unpaired) electrons. The summed E-state index contributed by atoms with van der Waals surface area (Å²) in [5.74, 6) is 0.0401. The first kappa shape index (κ1) is 10.8. The molecule has 0 bridgehead atoms. The van der Waals surface area contributed by atoms with Crippen LogP contribution in [-0.2, 0) is 0 Å². The van der Waals surface area contributed by atoms with Crippen molar-refractivity contribution in [1.29, 1.82) is 0 Å². The molecular formula is C13H13NO2. The van der Waals surface area contributed by atoms with Crippen LogP contribution in [0.1, 0.15) is 23.2 Å². The Hall–Kier alpha value is -1.74. The Morgan fingerprint density at radius 1 is 1.25 bits per heavy atom. The van der Waals surface area contributed by atoms with Gasteiger partial charge in [-0.2, -0.15) is 0 Å². The van der Waals surface area contributed by atoms with E-state index in [0.717, 1.165) is 10.8 Å². The molecule has 0 aliphatic heterocycles. The number of carbonyl (C=O) groups excluding carboxylic acids is 1. The lowest BCUT2D eigenvalue weighted by Gasteiger charge is -2.04. The molecular weight excluding hydrogens is 202 g/mol. The average Bonchev–Trinajstić information content (AvgIpc) is 2.35. The van der Waals surface area contributed by atoms with Gasteiger partial charge in [-0.3, -0.25) is 9.78 Å². The summed E-state index contributed by atoms with van der Waals surface area (Å²) in [6, 6.07) is 7.69. The lowest BCUT2D eigenvalue weighted by molar-refractivity contribution is 0.0972. The maximum atomic E-state index is 11.9. The van der Waals surface area contributed by atoms with E-state index in [9.17, 15) is 4.79 Å². The SMILES string of the molecule is O=C(CCCO)c1cncc2ccccc12. The fourth-order valence-corrected chi connectivity index (χ4v) is 1.71. The predicted molar refractivity (Wildman–Crippen MR) is 62.4 cm³/mol. The Morgan fingerprint density at radius 2 is 2.06 bits per heavy atom. The summed E-state index contributed by atoms with van der Waals surface area (Å²) in [6.07, 6.45) is 4.22. The summed E-state index contributed by atoms with van der Waals surface area (Å²) in [5.41, 5.74) is 0.645. The van der Waals surface area contributed by atoms with E-state index in [0.29, 0.717) is 18.4 Å². The third-order valence-corrected chi connectivity index (χ3v) is 2.53. The zero-order valence-corrected chi connectivity index (χ0v) is 8.89. The molecule has 16 heavy (non-hydrogen) atoms. The normalized spacial score (nSPS) is 10.6. The molecule has 0 unspecified atom stereocenters. The van der Waals surface area contributed by atoms with Crippen molar-refractivity contribution < 1.29 is 9.90 Å². The number of nitrogens with zero attached hydrogens (tertiary/aromatic N) is 1. The Bertz CT molecular complexity index is 503.